The average molecular weight is 460 g/mol. The van der Waals surface area contributed by atoms with Gasteiger partial charge in [-0.05, 0) is 42.5 Å². The summed E-state index contributed by atoms with van der Waals surface area (Å²) in [5, 5.41) is 4.82. The van der Waals surface area contributed by atoms with E-state index in [1.165, 1.54) is 6.07 Å². The number of fused-ring (bicyclic) bond motifs is 2. The molecular formula is C24H17FN4O3S. The molecule has 1 aliphatic rings. The van der Waals surface area contributed by atoms with Crippen LogP contribution in [0.2, 0.25) is 0 Å². The van der Waals surface area contributed by atoms with Crippen molar-refractivity contribution < 1.29 is 17.6 Å². The zero-order valence-corrected chi connectivity index (χ0v) is 18.0. The number of hydrazone groups is 1. The first kappa shape index (κ1) is 20.9. The third-order valence-corrected chi connectivity index (χ3v) is 7.19. The molecule has 0 spiro atoms. The summed E-state index contributed by atoms with van der Waals surface area (Å²) >= 11 is 0. The summed E-state index contributed by atoms with van der Waals surface area (Å²) in [7, 11) is -3.52. The zero-order chi connectivity index (χ0) is 23.0. The first-order chi connectivity index (χ1) is 15.9. The largest absolute Gasteiger partial charge is 0.272 e. The Labute approximate surface area is 188 Å². The highest BCUT2D eigenvalue weighted by Crippen LogP contribution is 2.27. The van der Waals surface area contributed by atoms with Crippen molar-refractivity contribution in [2.24, 2.45) is 5.10 Å². The monoisotopic (exact) mass is 460 g/mol. The van der Waals surface area contributed by atoms with E-state index >= 15 is 0 Å². The molecule has 1 N–H and O–H groups in total. The standard InChI is InChI=1S/C24H17FN4O3S/c25-16-5-6-23-19(13-16)21(9-12-33(23,31)32)28-29-24(30)18-14-22(15-7-10-26-11-8-15)27-20-4-2-1-3-17(18)20/h1-8,10-11,13-14H,9,12H2,(H,29,30)/b28-21-. The summed E-state index contributed by atoms with van der Waals surface area (Å²) in [4.78, 5) is 21.8. The summed E-state index contributed by atoms with van der Waals surface area (Å²) < 4.78 is 38.5. The number of benzene rings is 2. The van der Waals surface area contributed by atoms with Crippen molar-refractivity contribution in [3.63, 3.8) is 0 Å². The van der Waals surface area contributed by atoms with Crippen molar-refractivity contribution in [3.8, 4) is 11.3 Å². The van der Waals surface area contributed by atoms with E-state index in [0.717, 1.165) is 17.7 Å². The summed E-state index contributed by atoms with van der Waals surface area (Å²) in [5.41, 5.74) is 5.40. The third-order valence-electron chi connectivity index (χ3n) is 5.42. The SMILES string of the molecule is O=C(N/N=C1/CCS(=O)(=O)c2ccc(F)cc21)c1cc(-c2ccncc2)nc2ccccc12. The Morgan fingerprint density at radius 2 is 1.82 bits per heavy atom. The molecule has 0 radical (unpaired) electrons. The second-order valence-electron chi connectivity index (χ2n) is 7.52. The molecule has 0 saturated heterocycles. The number of rotatable bonds is 3. The number of sulfone groups is 1. The van der Waals surface area contributed by atoms with Crippen LogP contribution in [0.5, 0.6) is 0 Å². The number of hydrogen-bond acceptors (Lipinski definition) is 6. The van der Waals surface area contributed by atoms with Crippen molar-refractivity contribution >= 4 is 32.4 Å². The van der Waals surface area contributed by atoms with Crippen molar-refractivity contribution in [1.29, 1.82) is 0 Å². The lowest BCUT2D eigenvalue weighted by Crippen LogP contribution is -2.26. The number of amides is 1. The molecule has 5 rings (SSSR count). The van der Waals surface area contributed by atoms with Crippen molar-refractivity contribution in [3.05, 3.63) is 90.0 Å². The van der Waals surface area contributed by atoms with Gasteiger partial charge in [-0.15, -0.1) is 0 Å². The van der Waals surface area contributed by atoms with Crippen LogP contribution in [0.4, 0.5) is 4.39 Å². The van der Waals surface area contributed by atoms with Gasteiger partial charge in [0.25, 0.3) is 5.91 Å². The van der Waals surface area contributed by atoms with Crippen LogP contribution in [0, 0.1) is 5.82 Å². The summed E-state index contributed by atoms with van der Waals surface area (Å²) in [6.07, 6.45) is 3.36. The molecule has 0 unspecified atom stereocenters. The first-order valence-electron chi connectivity index (χ1n) is 10.1. The molecule has 9 heteroatoms. The highest BCUT2D eigenvalue weighted by atomic mass is 32.2. The van der Waals surface area contributed by atoms with Crippen LogP contribution in [-0.4, -0.2) is 35.8 Å². The van der Waals surface area contributed by atoms with Gasteiger partial charge in [-0.3, -0.25) is 9.78 Å². The smallest absolute Gasteiger partial charge is 0.267 e. The van der Waals surface area contributed by atoms with E-state index in [9.17, 15) is 17.6 Å². The lowest BCUT2D eigenvalue weighted by atomic mass is 10.0. The molecular weight excluding hydrogens is 443 g/mol. The molecule has 33 heavy (non-hydrogen) atoms. The van der Waals surface area contributed by atoms with Gasteiger partial charge in [-0.25, -0.2) is 23.2 Å². The van der Waals surface area contributed by atoms with Gasteiger partial charge in [0, 0.05) is 35.3 Å². The molecule has 0 saturated carbocycles. The van der Waals surface area contributed by atoms with Crippen LogP contribution in [-0.2, 0) is 9.84 Å². The Morgan fingerprint density at radius 1 is 1.03 bits per heavy atom. The summed E-state index contributed by atoms with van der Waals surface area (Å²) in [6.45, 7) is 0. The maximum absolute atomic E-state index is 13.8. The topological polar surface area (TPSA) is 101 Å². The van der Waals surface area contributed by atoms with E-state index in [0.29, 0.717) is 27.9 Å². The van der Waals surface area contributed by atoms with Crippen LogP contribution in [0.25, 0.3) is 22.2 Å². The number of nitrogens with zero attached hydrogens (tertiary/aromatic N) is 3. The Bertz CT molecular complexity index is 1540. The van der Waals surface area contributed by atoms with Crippen LogP contribution < -0.4 is 5.43 Å². The predicted octanol–water partition coefficient (Wildman–Crippen LogP) is 3.75. The molecule has 2 aromatic carbocycles. The fourth-order valence-electron chi connectivity index (χ4n) is 3.80. The molecule has 3 heterocycles. The van der Waals surface area contributed by atoms with Crippen molar-refractivity contribution in [2.75, 3.05) is 5.75 Å². The Hall–Kier alpha value is -3.98. The molecule has 0 fully saturated rings. The molecule has 0 atom stereocenters. The summed E-state index contributed by atoms with van der Waals surface area (Å²) in [5.74, 6) is -1.22. The van der Waals surface area contributed by atoms with Gasteiger partial charge in [0.2, 0.25) is 0 Å². The predicted molar refractivity (Wildman–Crippen MR) is 122 cm³/mol. The fraction of sp³-hybridized carbons (Fsp3) is 0.0833. The fourth-order valence-corrected chi connectivity index (χ4v) is 5.27. The Morgan fingerprint density at radius 3 is 2.64 bits per heavy atom. The number of para-hydroxylation sites is 1. The third kappa shape index (κ3) is 3.98. The maximum atomic E-state index is 13.8. The zero-order valence-electron chi connectivity index (χ0n) is 17.2. The van der Waals surface area contributed by atoms with Gasteiger partial charge in [0.05, 0.1) is 33.1 Å². The van der Waals surface area contributed by atoms with Crippen LogP contribution in [0.15, 0.2) is 83.1 Å². The Balaban J connectivity index is 1.54. The van der Waals surface area contributed by atoms with Crippen LogP contribution in [0.1, 0.15) is 22.3 Å². The molecule has 1 amide bonds. The number of carbonyl (C=O) groups excluding carboxylic acids is 1. The molecule has 0 bridgehead atoms. The van der Waals surface area contributed by atoms with Crippen LogP contribution >= 0.6 is 0 Å². The van der Waals surface area contributed by atoms with E-state index < -0.39 is 21.6 Å². The maximum Gasteiger partial charge on any atom is 0.272 e. The number of carbonyl (C=O) groups is 1. The van der Waals surface area contributed by atoms with Gasteiger partial charge in [0.15, 0.2) is 9.84 Å². The van der Waals surface area contributed by atoms with Gasteiger partial charge >= 0.3 is 0 Å². The quantitative estimate of drug-likeness (QED) is 0.371. The lowest BCUT2D eigenvalue weighted by molar-refractivity contribution is 0.0956. The highest BCUT2D eigenvalue weighted by molar-refractivity contribution is 7.91. The molecule has 0 aliphatic carbocycles. The first-order valence-corrected chi connectivity index (χ1v) is 11.8. The minimum Gasteiger partial charge on any atom is -0.267 e. The van der Waals surface area contributed by atoms with E-state index in [1.807, 2.05) is 18.2 Å². The minimum absolute atomic E-state index is 0.0116. The number of hydrogen-bond donors (Lipinski definition) is 1. The number of nitrogens with one attached hydrogen (secondary N) is 1. The van der Waals surface area contributed by atoms with Crippen molar-refractivity contribution in [1.82, 2.24) is 15.4 Å². The number of aromatic nitrogens is 2. The van der Waals surface area contributed by atoms with E-state index in [1.54, 1.807) is 36.7 Å². The average Bonchev–Trinajstić information content (AvgIpc) is 2.83. The van der Waals surface area contributed by atoms with E-state index in [2.05, 4.69) is 20.5 Å². The van der Waals surface area contributed by atoms with Gasteiger partial charge in [-0.2, -0.15) is 5.10 Å². The molecule has 7 nitrogen and oxygen atoms in total. The van der Waals surface area contributed by atoms with E-state index in [-0.39, 0.29) is 22.6 Å². The van der Waals surface area contributed by atoms with Gasteiger partial charge < -0.3 is 0 Å². The number of pyridine rings is 2. The van der Waals surface area contributed by atoms with Gasteiger partial charge in [-0.1, -0.05) is 18.2 Å². The molecule has 2 aromatic heterocycles. The molecule has 4 aromatic rings. The van der Waals surface area contributed by atoms with Gasteiger partial charge in [0.1, 0.15) is 5.82 Å². The summed E-state index contributed by atoms with van der Waals surface area (Å²) in [6, 6.07) is 16.0. The van der Waals surface area contributed by atoms with Crippen molar-refractivity contribution in [2.45, 2.75) is 11.3 Å². The second kappa shape index (κ2) is 8.18. The normalized spacial score (nSPS) is 15.8. The van der Waals surface area contributed by atoms with Crippen LogP contribution in [0.3, 0.4) is 0 Å². The lowest BCUT2D eigenvalue weighted by Gasteiger charge is -2.18. The molecule has 164 valence electrons. The second-order valence-corrected chi connectivity index (χ2v) is 9.59. The highest BCUT2D eigenvalue weighted by Gasteiger charge is 2.28. The molecule has 1 aliphatic heterocycles. The van der Waals surface area contributed by atoms with E-state index in [4.69, 9.17) is 0 Å². The Kier molecular flexibility index (Phi) is 5.18. The minimum atomic E-state index is -3.52. The number of halogens is 1.